The molecule has 1 saturated heterocycles. The number of carboxylic acids is 1. The number of aliphatic carboxylic acids is 1. The summed E-state index contributed by atoms with van der Waals surface area (Å²) in [5, 5.41) is 16.2. The van der Waals surface area contributed by atoms with Crippen molar-refractivity contribution in [1.29, 1.82) is 0 Å². The molecule has 11 heteroatoms. The minimum Gasteiger partial charge on any atom is -0.492 e. The van der Waals surface area contributed by atoms with E-state index >= 15 is 0 Å². The molecule has 2 heterocycles. The number of benzene rings is 2. The second-order valence-corrected chi connectivity index (χ2v) is 8.46. The highest BCUT2D eigenvalue weighted by Crippen LogP contribution is 2.33. The Morgan fingerprint density at radius 3 is 2.56 bits per heavy atom. The lowest BCUT2D eigenvalue weighted by molar-refractivity contribution is -0.142. The third-order valence-corrected chi connectivity index (χ3v) is 6.09. The summed E-state index contributed by atoms with van der Waals surface area (Å²) in [7, 11) is 1.76. The summed E-state index contributed by atoms with van der Waals surface area (Å²) in [4.78, 5) is 25.9. The SMILES string of the molecule is Cn1nccc1-c1cc(NC(=O)c2ccc(C(F)(F)F)cc2)ccc1OCCN1CCC[C@H]1C(=O)O. The smallest absolute Gasteiger partial charge is 0.416 e. The van der Waals surface area contributed by atoms with Gasteiger partial charge in [-0.1, -0.05) is 0 Å². The van der Waals surface area contributed by atoms with Gasteiger partial charge in [0.25, 0.3) is 5.91 Å². The second kappa shape index (κ2) is 10.4. The van der Waals surface area contributed by atoms with Crippen molar-refractivity contribution in [2.75, 3.05) is 25.0 Å². The summed E-state index contributed by atoms with van der Waals surface area (Å²) >= 11 is 0. The first-order valence-corrected chi connectivity index (χ1v) is 11.3. The number of likely N-dealkylation sites (tertiary alicyclic amines) is 1. The molecule has 0 radical (unpaired) electrons. The standard InChI is InChI=1S/C25H25F3N4O4/c1-31-20(10-11-29-31)19-15-18(30-23(33)16-4-6-17(7-5-16)25(26,27)28)8-9-22(19)36-14-13-32-12-2-3-21(32)24(34)35/h4-11,15,21H,2-3,12-14H2,1H3,(H,30,33)(H,34,35)/t21-/m0/s1. The Hall–Kier alpha value is -3.86. The summed E-state index contributed by atoms with van der Waals surface area (Å²) in [5.74, 6) is -0.865. The van der Waals surface area contributed by atoms with Crippen LogP contribution in [-0.2, 0) is 18.0 Å². The number of carboxylic acid groups (broad SMARTS) is 1. The van der Waals surface area contributed by atoms with E-state index in [9.17, 15) is 27.9 Å². The van der Waals surface area contributed by atoms with Gasteiger partial charge < -0.3 is 15.2 Å². The molecular weight excluding hydrogens is 477 g/mol. The van der Waals surface area contributed by atoms with Crippen LogP contribution in [0.1, 0.15) is 28.8 Å². The molecule has 1 aromatic heterocycles. The lowest BCUT2D eigenvalue weighted by Crippen LogP contribution is -2.38. The molecule has 0 bridgehead atoms. The predicted molar refractivity (Wildman–Crippen MR) is 126 cm³/mol. The van der Waals surface area contributed by atoms with Crippen LogP contribution in [0.4, 0.5) is 18.9 Å². The van der Waals surface area contributed by atoms with Crippen LogP contribution in [0, 0.1) is 0 Å². The van der Waals surface area contributed by atoms with Gasteiger partial charge in [-0.25, -0.2) is 0 Å². The molecule has 1 aliphatic rings. The van der Waals surface area contributed by atoms with Crippen LogP contribution < -0.4 is 10.1 Å². The lowest BCUT2D eigenvalue weighted by atomic mass is 10.1. The highest BCUT2D eigenvalue weighted by molar-refractivity contribution is 6.04. The molecule has 4 rings (SSSR count). The molecule has 190 valence electrons. The number of aromatic nitrogens is 2. The van der Waals surface area contributed by atoms with E-state index < -0.39 is 29.7 Å². The van der Waals surface area contributed by atoms with Gasteiger partial charge in [-0.2, -0.15) is 18.3 Å². The quantitative estimate of drug-likeness (QED) is 0.477. The average molecular weight is 502 g/mol. The molecule has 1 amide bonds. The summed E-state index contributed by atoms with van der Waals surface area (Å²) in [5.41, 5.74) is 1.05. The molecule has 2 N–H and O–H groups in total. The summed E-state index contributed by atoms with van der Waals surface area (Å²) in [6.45, 7) is 1.42. The van der Waals surface area contributed by atoms with E-state index in [1.165, 1.54) is 0 Å². The van der Waals surface area contributed by atoms with Crippen LogP contribution in [0.25, 0.3) is 11.3 Å². The zero-order valence-corrected chi connectivity index (χ0v) is 19.5. The second-order valence-electron chi connectivity index (χ2n) is 8.46. The monoisotopic (exact) mass is 502 g/mol. The van der Waals surface area contributed by atoms with Crippen molar-refractivity contribution in [3.8, 4) is 17.0 Å². The first kappa shape index (κ1) is 25.2. The number of anilines is 1. The molecule has 2 aromatic carbocycles. The molecule has 0 spiro atoms. The maximum Gasteiger partial charge on any atom is 0.416 e. The number of ether oxygens (including phenoxy) is 1. The molecule has 36 heavy (non-hydrogen) atoms. The van der Waals surface area contributed by atoms with Crippen LogP contribution >= 0.6 is 0 Å². The number of hydrogen-bond acceptors (Lipinski definition) is 5. The Kier molecular flexibility index (Phi) is 7.30. The van der Waals surface area contributed by atoms with E-state index in [2.05, 4.69) is 10.4 Å². The summed E-state index contributed by atoms with van der Waals surface area (Å²) < 4.78 is 46.0. The summed E-state index contributed by atoms with van der Waals surface area (Å²) in [6.07, 6.45) is -1.42. The molecule has 1 fully saturated rings. The van der Waals surface area contributed by atoms with Gasteiger partial charge in [-0.05, 0) is 67.9 Å². The first-order valence-electron chi connectivity index (χ1n) is 11.3. The third-order valence-electron chi connectivity index (χ3n) is 6.09. The third kappa shape index (κ3) is 5.68. The van der Waals surface area contributed by atoms with Crippen molar-refractivity contribution >= 4 is 17.6 Å². The zero-order valence-electron chi connectivity index (χ0n) is 19.5. The van der Waals surface area contributed by atoms with Gasteiger partial charge in [0.2, 0.25) is 0 Å². The number of rotatable bonds is 8. The van der Waals surface area contributed by atoms with Crippen molar-refractivity contribution < 1.29 is 32.6 Å². The number of halogens is 3. The van der Waals surface area contributed by atoms with Crippen LogP contribution in [0.2, 0.25) is 0 Å². The number of nitrogens with one attached hydrogen (secondary N) is 1. The van der Waals surface area contributed by atoms with Crippen molar-refractivity contribution in [3.05, 3.63) is 65.9 Å². The van der Waals surface area contributed by atoms with Crippen LogP contribution in [0.5, 0.6) is 5.75 Å². The molecule has 3 aromatic rings. The average Bonchev–Trinajstić information content (AvgIpc) is 3.48. The van der Waals surface area contributed by atoms with Crippen molar-refractivity contribution in [2.24, 2.45) is 7.05 Å². The summed E-state index contributed by atoms with van der Waals surface area (Å²) in [6, 6.07) is 10.3. The zero-order chi connectivity index (χ0) is 25.9. The van der Waals surface area contributed by atoms with E-state index in [-0.39, 0.29) is 12.2 Å². The molecule has 0 aliphatic carbocycles. The molecule has 0 saturated carbocycles. The van der Waals surface area contributed by atoms with Gasteiger partial charge in [0, 0.05) is 36.6 Å². The predicted octanol–water partition coefficient (Wildman–Crippen LogP) is 4.29. The van der Waals surface area contributed by atoms with Gasteiger partial charge in [-0.3, -0.25) is 19.2 Å². The number of alkyl halides is 3. The molecule has 1 atom stereocenters. The fourth-order valence-electron chi connectivity index (χ4n) is 4.23. The topological polar surface area (TPSA) is 96.7 Å². The Balaban J connectivity index is 1.50. The maximum atomic E-state index is 12.8. The number of amides is 1. The number of aryl methyl sites for hydroxylation is 1. The van der Waals surface area contributed by atoms with Crippen molar-refractivity contribution in [2.45, 2.75) is 25.1 Å². The highest BCUT2D eigenvalue weighted by Gasteiger charge is 2.31. The Labute approximate surface area is 205 Å². The van der Waals surface area contributed by atoms with E-state index in [1.807, 2.05) is 4.90 Å². The fourth-order valence-corrected chi connectivity index (χ4v) is 4.23. The van der Waals surface area contributed by atoms with Gasteiger partial charge >= 0.3 is 12.1 Å². The number of carbonyl (C=O) groups is 2. The largest absolute Gasteiger partial charge is 0.492 e. The number of hydrogen-bond donors (Lipinski definition) is 2. The van der Waals surface area contributed by atoms with E-state index in [1.54, 1.807) is 42.2 Å². The van der Waals surface area contributed by atoms with Crippen molar-refractivity contribution in [3.63, 3.8) is 0 Å². The highest BCUT2D eigenvalue weighted by atomic mass is 19.4. The van der Waals surface area contributed by atoms with Gasteiger partial charge in [0.15, 0.2) is 0 Å². The van der Waals surface area contributed by atoms with E-state index in [4.69, 9.17) is 4.74 Å². The Morgan fingerprint density at radius 2 is 1.92 bits per heavy atom. The maximum absolute atomic E-state index is 12.8. The van der Waals surface area contributed by atoms with E-state index in [0.29, 0.717) is 36.5 Å². The lowest BCUT2D eigenvalue weighted by Gasteiger charge is -2.21. The van der Waals surface area contributed by atoms with Crippen LogP contribution in [0.3, 0.4) is 0 Å². The van der Waals surface area contributed by atoms with Gasteiger partial charge in [-0.15, -0.1) is 0 Å². The Bertz CT molecular complexity index is 1240. The van der Waals surface area contributed by atoms with E-state index in [0.717, 1.165) is 36.4 Å². The van der Waals surface area contributed by atoms with Crippen molar-refractivity contribution in [1.82, 2.24) is 14.7 Å². The molecule has 8 nitrogen and oxygen atoms in total. The normalized spacial score (nSPS) is 16.2. The molecule has 1 aliphatic heterocycles. The minimum atomic E-state index is -4.48. The van der Waals surface area contributed by atoms with Gasteiger partial charge in [0.1, 0.15) is 18.4 Å². The number of nitrogens with zero attached hydrogens (tertiary/aromatic N) is 3. The first-order chi connectivity index (χ1) is 17.1. The van der Waals surface area contributed by atoms with Crippen LogP contribution in [-0.4, -0.2) is 57.4 Å². The Morgan fingerprint density at radius 1 is 1.17 bits per heavy atom. The van der Waals surface area contributed by atoms with Crippen LogP contribution in [0.15, 0.2) is 54.7 Å². The minimum absolute atomic E-state index is 0.0870. The van der Waals surface area contributed by atoms with Gasteiger partial charge in [0.05, 0.1) is 11.3 Å². The molecular formula is C25H25F3N4O4. The molecule has 0 unspecified atom stereocenters. The number of carbonyl (C=O) groups excluding carboxylic acids is 1. The fraction of sp³-hybridized carbons (Fsp3) is 0.320.